The maximum atomic E-state index is 12.6. The molecule has 6 nitrogen and oxygen atoms in total. The van der Waals surface area contributed by atoms with Gasteiger partial charge in [0.2, 0.25) is 5.91 Å². The molecular weight excluding hydrogens is 293 g/mol. The summed E-state index contributed by atoms with van der Waals surface area (Å²) in [6, 6.07) is -0.327. The Morgan fingerprint density at radius 3 is 2.57 bits per heavy atom. The Morgan fingerprint density at radius 2 is 2.05 bits per heavy atom. The van der Waals surface area contributed by atoms with E-state index in [-0.39, 0.29) is 32.2 Å². The van der Waals surface area contributed by atoms with E-state index in [0.717, 1.165) is 7.11 Å². The van der Waals surface area contributed by atoms with Gasteiger partial charge in [-0.2, -0.15) is 13.2 Å². The number of ether oxygens (including phenoxy) is 2. The first-order valence-corrected chi connectivity index (χ1v) is 6.46. The van der Waals surface area contributed by atoms with Gasteiger partial charge in [0.15, 0.2) is 0 Å². The van der Waals surface area contributed by atoms with Gasteiger partial charge in [0.1, 0.15) is 6.54 Å². The molecule has 1 amide bonds. The summed E-state index contributed by atoms with van der Waals surface area (Å²) >= 11 is 0. The van der Waals surface area contributed by atoms with Gasteiger partial charge in [0.25, 0.3) is 0 Å². The number of halogens is 3. The van der Waals surface area contributed by atoms with Crippen LogP contribution in [0, 0.1) is 5.92 Å². The molecule has 0 saturated carbocycles. The molecule has 122 valence electrons. The highest BCUT2D eigenvalue weighted by Gasteiger charge is 2.40. The lowest BCUT2D eigenvalue weighted by molar-refractivity contribution is -0.165. The SMILES string of the molecule is CNC1COCC1C(=O)N(CCC(=O)OC)CC(F)(F)F. The molecule has 0 radical (unpaired) electrons. The number of alkyl halides is 3. The Morgan fingerprint density at radius 1 is 1.38 bits per heavy atom. The van der Waals surface area contributed by atoms with Crippen LogP contribution in [0.15, 0.2) is 0 Å². The van der Waals surface area contributed by atoms with E-state index in [1.165, 1.54) is 0 Å². The summed E-state index contributed by atoms with van der Waals surface area (Å²) in [4.78, 5) is 24.0. The molecule has 1 heterocycles. The number of esters is 1. The first-order chi connectivity index (χ1) is 9.78. The fourth-order valence-electron chi connectivity index (χ4n) is 2.13. The highest BCUT2D eigenvalue weighted by atomic mass is 19.4. The van der Waals surface area contributed by atoms with E-state index in [2.05, 4.69) is 10.1 Å². The van der Waals surface area contributed by atoms with Gasteiger partial charge in [-0.15, -0.1) is 0 Å². The first kappa shape index (κ1) is 17.7. The molecule has 1 aliphatic rings. The quantitative estimate of drug-likeness (QED) is 0.709. The highest BCUT2D eigenvalue weighted by molar-refractivity contribution is 5.80. The number of methoxy groups -OCH3 is 1. The summed E-state index contributed by atoms with van der Waals surface area (Å²) in [5.74, 6) is -2.02. The minimum atomic E-state index is -4.53. The Kier molecular flexibility index (Phi) is 6.41. The third kappa shape index (κ3) is 5.50. The molecule has 0 aromatic heterocycles. The van der Waals surface area contributed by atoms with E-state index in [0.29, 0.717) is 4.90 Å². The van der Waals surface area contributed by atoms with Crippen molar-refractivity contribution in [2.45, 2.75) is 18.6 Å². The minimum Gasteiger partial charge on any atom is -0.469 e. The fraction of sp³-hybridized carbons (Fsp3) is 0.833. The second-order valence-electron chi connectivity index (χ2n) is 4.74. The van der Waals surface area contributed by atoms with E-state index in [1.54, 1.807) is 7.05 Å². The molecule has 2 atom stereocenters. The van der Waals surface area contributed by atoms with Crippen LogP contribution < -0.4 is 5.32 Å². The summed E-state index contributed by atoms with van der Waals surface area (Å²) in [6.45, 7) is -1.39. The zero-order valence-corrected chi connectivity index (χ0v) is 11.9. The number of amides is 1. The number of nitrogens with zero attached hydrogens (tertiary/aromatic N) is 1. The van der Waals surface area contributed by atoms with Gasteiger partial charge in [0, 0.05) is 12.6 Å². The van der Waals surface area contributed by atoms with E-state index in [1.807, 2.05) is 0 Å². The van der Waals surface area contributed by atoms with Gasteiger partial charge in [-0.1, -0.05) is 0 Å². The van der Waals surface area contributed by atoms with Crippen molar-refractivity contribution >= 4 is 11.9 Å². The lowest BCUT2D eigenvalue weighted by Gasteiger charge is -2.27. The van der Waals surface area contributed by atoms with Gasteiger partial charge in [-0.05, 0) is 7.05 Å². The van der Waals surface area contributed by atoms with Crippen LogP contribution in [0.5, 0.6) is 0 Å². The number of carbonyl (C=O) groups excluding carboxylic acids is 2. The van der Waals surface area contributed by atoms with Gasteiger partial charge in [0.05, 0.1) is 32.7 Å². The van der Waals surface area contributed by atoms with Gasteiger partial charge < -0.3 is 19.7 Å². The van der Waals surface area contributed by atoms with Crippen LogP contribution in [-0.2, 0) is 19.1 Å². The summed E-state index contributed by atoms with van der Waals surface area (Å²) in [6.07, 6.45) is -4.81. The van der Waals surface area contributed by atoms with Gasteiger partial charge in [-0.3, -0.25) is 9.59 Å². The third-order valence-electron chi connectivity index (χ3n) is 3.26. The molecule has 21 heavy (non-hydrogen) atoms. The number of carbonyl (C=O) groups is 2. The normalized spacial score (nSPS) is 22.1. The average Bonchev–Trinajstić information content (AvgIpc) is 2.89. The molecule has 0 aromatic rings. The molecule has 0 aliphatic carbocycles. The Bertz CT molecular complexity index is 376. The average molecular weight is 312 g/mol. The smallest absolute Gasteiger partial charge is 0.406 e. The van der Waals surface area contributed by atoms with Crippen LogP contribution in [0.25, 0.3) is 0 Å². The summed E-state index contributed by atoms with van der Waals surface area (Å²) < 4.78 is 47.3. The lowest BCUT2D eigenvalue weighted by Crippen LogP contribution is -2.48. The summed E-state index contributed by atoms with van der Waals surface area (Å²) in [7, 11) is 2.75. The molecule has 1 fully saturated rings. The highest BCUT2D eigenvalue weighted by Crippen LogP contribution is 2.21. The summed E-state index contributed by atoms with van der Waals surface area (Å²) in [5, 5.41) is 2.84. The van der Waals surface area contributed by atoms with Crippen LogP contribution in [0.2, 0.25) is 0 Å². The summed E-state index contributed by atoms with van der Waals surface area (Å²) in [5.41, 5.74) is 0. The van der Waals surface area contributed by atoms with Crippen molar-refractivity contribution in [1.82, 2.24) is 10.2 Å². The molecule has 1 saturated heterocycles. The van der Waals surface area contributed by atoms with Crippen molar-refractivity contribution in [2.24, 2.45) is 5.92 Å². The second kappa shape index (κ2) is 7.60. The monoisotopic (exact) mass is 312 g/mol. The zero-order valence-electron chi connectivity index (χ0n) is 11.9. The Labute approximate surface area is 120 Å². The molecule has 9 heteroatoms. The van der Waals surface area contributed by atoms with E-state index >= 15 is 0 Å². The van der Waals surface area contributed by atoms with E-state index in [9.17, 15) is 22.8 Å². The van der Waals surface area contributed by atoms with E-state index in [4.69, 9.17) is 4.74 Å². The maximum Gasteiger partial charge on any atom is 0.406 e. The molecule has 0 bridgehead atoms. The largest absolute Gasteiger partial charge is 0.469 e. The van der Waals surface area contributed by atoms with Crippen LogP contribution in [0.1, 0.15) is 6.42 Å². The molecule has 1 rings (SSSR count). The zero-order chi connectivity index (χ0) is 16.0. The van der Waals surface area contributed by atoms with Crippen molar-refractivity contribution in [3.05, 3.63) is 0 Å². The second-order valence-corrected chi connectivity index (χ2v) is 4.74. The van der Waals surface area contributed by atoms with Crippen molar-refractivity contribution in [3.8, 4) is 0 Å². The number of nitrogens with one attached hydrogen (secondary N) is 1. The Balaban J connectivity index is 2.74. The van der Waals surface area contributed by atoms with Crippen molar-refractivity contribution in [3.63, 3.8) is 0 Å². The van der Waals surface area contributed by atoms with Crippen LogP contribution in [-0.4, -0.2) is 69.5 Å². The molecule has 2 unspecified atom stereocenters. The van der Waals surface area contributed by atoms with Gasteiger partial charge >= 0.3 is 12.1 Å². The number of rotatable bonds is 6. The fourth-order valence-corrected chi connectivity index (χ4v) is 2.13. The molecule has 0 aromatic carbocycles. The molecule has 1 aliphatic heterocycles. The number of hydrogen-bond donors (Lipinski definition) is 1. The van der Waals surface area contributed by atoms with Crippen molar-refractivity contribution < 1.29 is 32.2 Å². The predicted octanol–water partition coefficient (Wildman–Crippen LogP) is 0.175. The molecule has 1 N–H and O–H groups in total. The van der Waals surface area contributed by atoms with Crippen LogP contribution in [0.3, 0.4) is 0 Å². The molecule has 0 spiro atoms. The first-order valence-electron chi connectivity index (χ1n) is 6.46. The van der Waals surface area contributed by atoms with Crippen molar-refractivity contribution in [1.29, 1.82) is 0 Å². The predicted molar refractivity (Wildman–Crippen MR) is 66.4 cm³/mol. The standard InChI is InChI=1S/C12H19F3N2O4/c1-16-9-6-21-5-8(9)11(19)17(7-12(13,14)15)4-3-10(18)20-2/h8-9,16H,3-7H2,1-2H3. The lowest BCUT2D eigenvalue weighted by atomic mass is 10.0. The van der Waals surface area contributed by atoms with E-state index < -0.39 is 30.5 Å². The number of likely N-dealkylation sites (N-methyl/N-ethyl adjacent to an activating group) is 1. The minimum absolute atomic E-state index is 0.0664. The number of hydrogen-bond acceptors (Lipinski definition) is 5. The molecular formula is C12H19F3N2O4. The maximum absolute atomic E-state index is 12.6. The van der Waals surface area contributed by atoms with Crippen LogP contribution in [0.4, 0.5) is 13.2 Å². The Hall–Kier alpha value is -1.35. The van der Waals surface area contributed by atoms with Gasteiger partial charge in [-0.25, -0.2) is 0 Å². The third-order valence-corrected chi connectivity index (χ3v) is 3.26. The van der Waals surface area contributed by atoms with Crippen LogP contribution >= 0.6 is 0 Å². The van der Waals surface area contributed by atoms with Crippen molar-refractivity contribution in [2.75, 3.05) is 40.5 Å². The topological polar surface area (TPSA) is 67.9 Å².